The van der Waals surface area contributed by atoms with Gasteiger partial charge in [-0.25, -0.2) is 4.79 Å². The topological polar surface area (TPSA) is 142 Å². The monoisotopic (exact) mass is 351 g/mol. The Hall–Kier alpha value is -2.45. The molecule has 0 unspecified atom stereocenters. The summed E-state index contributed by atoms with van der Waals surface area (Å²) in [4.78, 5) is 35.6. The van der Waals surface area contributed by atoms with Crippen LogP contribution in [0.15, 0.2) is 30.3 Å². The van der Waals surface area contributed by atoms with Gasteiger partial charge in [0.05, 0.1) is 12.6 Å². The molecule has 1 aromatic carbocycles. The first-order chi connectivity index (χ1) is 11.8. The lowest BCUT2D eigenvalue weighted by Crippen LogP contribution is -2.56. The molecule has 0 fully saturated rings. The van der Waals surface area contributed by atoms with Gasteiger partial charge in [-0.2, -0.15) is 0 Å². The van der Waals surface area contributed by atoms with Gasteiger partial charge in [-0.1, -0.05) is 44.2 Å². The number of benzene rings is 1. The van der Waals surface area contributed by atoms with Gasteiger partial charge in [0, 0.05) is 6.42 Å². The van der Waals surface area contributed by atoms with E-state index in [9.17, 15) is 14.4 Å². The van der Waals surface area contributed by atoms with E-state index in [0.717, 1.165) is 5.56 Å². The van der Waals surface area contributed by atoms with Crippen LogP contribution in [-0.4, -0.2) is 52.7 Å². The summed E-state index contributed by atoms with van der Waals surface area (Å²) in [6.45, 7) is 2.81. The Balaban J connectivity index is 2.91. The van der Waals surface area contributed by atoms with Crippen molar-refractivity contribution < 1.29 is 24.6 Å². The molecule has 0 saturated carbocycles. The molecule has 138 valence electrons. The number of carbonyl (C=O) groups is 3. The third-order valence-corrected chi connectivity index (χ3v) is 3.73. The molecule has 1 aromatic rings. The van der Waals surface area contributed by atoms with Crippen LogP contribution >= 0.6 is 0 Å². The second kappa shape index (κ2) is 9.75. The Morgan fingerprint density at radius 3 is 2.08 bits per heavy atom. The highest BCUT2D eigenvalue weighted by molar-refractivity contribution is 5.92. The van der Waals surface area contributed by atoms with Crippen LogP contribution in [0.25, 0.3) is 0 Å². The molecule has 0 aliphatic heterocycles. The van der Waals surface area contributed by atoms with Crippen molar-refractivity contribution in [3.63, 3.8) is 0 Å². The first-order valence-corrected chi connectivity index (χ1v) is 8.00. The fourth-order valence-corrected chi connectivity index (χ4v) is 2.09. The van der Waals surface area contributed by atoms with E-state index in [0.29, 0.717) is 0 Å². The number of carbonyl (C=O) groups excluding carboxylic acids is 2. The molecule has 2 amide bonds. The summed E-state index contributed by atoms with van der Waals surface area (Å²) in [6, 6.07) is 5.73. The average molecular weight is 351 g/mol. The molecule has 0 aliphatic carbocycles. The van der Waals surface area contributed by atoms with Crippen molar-refractivity contribution in [2.75, 3.05) is 6.61 Å². The van der Waals surface area contributed by atoms with Gasteiger partial charge in [-0.3, -0.25) is 9.59 Å². The van der Waals surface area contributed by atoms with Crippen molar-refractivity contribution in [1.29, 1.82) is 0 Å². The number of hydrogen-bond donors (Lipinski definition) is 5. The Morgan fingerprint density at radius 2 is 1.60 bits per heavy atom. The van der Waals surface area contributed by atoms with E-state index in [-0.39, 0.29) is 12.3 Å². The van der Waals surface area contributed by atoms with Crippen LogP contribution < -0.4 is 16.4 Å². The molecule has 3 atom stereocenters. The SMILES string of the molecule is CC(C)[C@H](N)C(=O)N[C@@H](Cc1ccccc1)C(=O)N[C@@H](CO)C(=O)O. The maximum atomic E-state index is 12.4. The lowest BCUT2D eigenvalue weighted by Gasteiger charge is -2.23. The number of hydrogen-bond acceptors (Lipinski definition) is 5. The zero-order chi connectivity index (χ0) is 19.0. The molecule has 0 aliphatic rings. The lowest BCUT2D eigenvalue weighted by atomic mass is 10.0. The summed E-state index contributed by atoms with van der Waals surface area (Å²) >= 11 is 0. The molecule has 0 spiro atoms. The summed E-state index contributed by atoms with van der Waals surface area (Å²) in [5.74, 6) is -2.68. The quantitative estimate of drug-likeness (QED) is 0.397. The third kappa shape index (κ3) is 6.52. The molecule has 1 rings (SSSR count). The van der Waals surface area contributed by atoms with Gasteiger partial charge < -0.3 is 26.6 Å². The molecular weight excluding hydrogens is 326 g/mol. The smallest absolute Gasteiger partial charge is 0.328 e. The Kier molecular flexibility index (Phi) is 8.03. The Bertz CT molecular complexity index is 591. The summed E-state index contributed by atoms with van der Waals surface area (Å²) in [7, 11) is 0. The zero-order valence-corrected chi connectivity index (χ0v) is 14.3. The second-order valence-electron chi connectivity index (χ2n) is 6.10. The Morgan fingerprint density at radius 1 is 1.04 bits per heavy atom. The van der Waals surface area contributed by atoms with Gasteiger partial charge in [-0.05, 0) is 11.5 Å². The number of rotatable bonds is 9. The van der Waals surface area contributed by atoms with E-state index in [1.807, 2.05) is 6.07 Å². The summed E-state index contributed by atoms with van der Waals surface area (Å²) in [6.07, 6.45) is 0.168. The van der Waals surface area contributed by atoms with E-state index in [4.69, 9.17) is 15.9 Å². The predicted molar refractivity (Wildman–Crippen MR) is 91.5 cm³/mol. The van der Waals surface area contributed by atoms with Crippen LogP contribution in [-0.2, 0) is 20.8 Å². The van der Waals surface area contributed by atoms with E-state index < -0.39 is 42.5 Å². The van der Waals surface area contributed by atoms with Crippen molar-refractivity contribution in [2.45, 2.75) is 38.4 Å². The fourth-order valence-electron chi connectivity index (χ4n) is 2.09. The number of carboxylic acid groups (broad SMARTS) is 1. The largest absolute Gasteiger partial charge is 0.480 e. The highest BCUT2D eigenvalue weighted by Gasteiger charge is 2.28. The number of aliphatic carboxylic acids is 1. The van der Waals surface area contributed by atoms with Gasteiger partial charge in [0.25, 0.3) is 0 Å². The van der Waals surface area contributed by atoms with Gasteiger partial charge in [0.2, 0.25) is 11.8 Å². The van der Waals surface area contributed by atoms with Crippen molar-refractivity contribution >= 4 is 17.8 Å². The third-order valence-electron chi connectivity index (χ3n) is 3.73. The molecule has 6 N–H and O–H groups in total. The molecule has 0 saturated heterocycles. The maximum absolute atomic E-state index is 12.4. The Labute approximate surface area is 146 Å². The molecule has 0 heterocycles. The van der Waals surface area contributed by atoms with E-state index in [1.54, 1.807) is 38.1 Å². The standard InChI is InChI=1S/C17H25N3O5/c1-10(2)14(18)16(23)19-12(8-11-6-4-3-5-7-11)15(22)20-13(9-21)17(24)25/h3-7,10,12-14,21H,8-9,18H2,1-2H3,(H,19,23)(H,20,22)(H,24,25)/t12-,13-,14-/m0/s1. The number of aliphatic hydroxyl groups excluding tert-OH is 1. The van der Waals surface area contributed by atoms with Gasteiger partial charge in [0.1, 0.15) is 12.1 Å². The summed E-state index contributed by atoms with van der Waals surface area (Å²) in [5, 5.41) is 22.8. The van der Waals surface area contributed by atoms with Crippen LogP contribution in [0, 0.1) is 5.92 Å². The minimum absolute atomic E-state index is 0.121. The summed E-state index contributed by atoms with van der Waals surface area (Å²) in [5.41, 5.74) is 6.59. The predicted octanol–water partition coefficient (Wildman–Crippen LogP) is -0.741. The highest BCUT2D eigenvalue weighted by atomic mass is 16.4. The van der Waals surface area contributed by atoms with Crippen molar-refractivity contribution in [1.82, 2.24) is 10.6 Å². The molecule has 0 aromatic heterocycles. The molecule has 0 bridgehead atoms. The molecule has 8 nitrogen and oxygen atoms in total. The number of nitrogens with one attached hydrogen (secondary N) is 2. The fraction of sp³-hybridized carbons (Fsp3) is 0.471. The van der Waals surface area contributed by atoms with Crippen molar-refractivity contribution in [2.24, 2.45) is 11.7 Å². The highest BCUT2D eigenvalue weighted by Crippen LogP contribution is 2.06. The van der Waals surface area contributed by atoms with Gasteiger partial charge in [-0.15, -0.1) is 0 Å². The van der Waals surface area contributed by atoms with Crippen molar-refractivity contribution in [3.05, 3.63) is 35.9 Å². The van der Waals surface area contributed by atoms with Gasteiger partial charge >= 0.3 is 5.97 Å². The van der Waals surface area contributed by atoms with E-state index >= 15 is 0 Å². The van der Waals surface area contributed by atoms with Gasteiger partial charge in [0.15, 0.2) is 0 Å². The van der Waals surface area contributed by atoms with E-state index in [2.05, 4.69) is 10.6 Å². The maximum Gasteiger partial charge on any atom is 0.328 e. The first-order valence-electron chi connectivity index (χ1n) is 8.00. The number of aliphatic hydroxyl groups is 1. The minimum atomic E-state index is -1.44. The lowest BCUT2D eigenvalue weighted by molar-refractivity contribution is -0.143. The van der Waals surface area contributed by atoms with Crippen LogP contribution in [0.5, 0.6) is 0 Å². The zero-order valence-electron chi connectivity index (χ0n) is 14.3. The van der Waals surface area contributed by atoms with Crippen molar-refractivity contribution in [3.8, 4) is 0 Å². The average Bonchev–Trinajstić information content (AvgIpc) is 2.58. The molecule has 25 heavy (non-hydrogen) atoms. The van der Waals surface area contributed by atoms with E-state index in [1.165, 1.54) is 0 Å². The normalized spacial score (nSPS) is 14.4. The second-order valence-corrected chi connectivity index (χ2v) is 6.10. The first kappa shape index (κ1) is 20.6. The number of nitrogens with two attached hydrogens (primary N) is 1. The molecular formula is C17H25N3O5. The molecule has 0 radical (unpaired) electrons. The number of carboxylic acids is 1. The van der Waals surface area contributed by atoms with Crippen LogP contribution in [0.2, 0.25) is 0 Å². The minimum Gasteiger partial charge on any atom is -0.480 e. The van der Waals surface area contributed by atoms with Crippen LogP contribution in [0.1, 0.15) is 19.4 Å². The van der Waals surface area contributed by atoms with Crippen LogP contribution in [0.4, 0.5) is 0 Å². The van der Waals surface area contributed by atoms with Crippen LogP contribution in [0.3, 0.4) is 0 Å². The number of amides is 2. The summed E-state index contributed by atoms with van der Waals surface area (Å²) < 4.78 is 0. The molecule has 8 heteroatoms.